The van der Waals surface area contributed by atoms with Crippen LogP contribution in [0.25, 0.3) is 0 Å². The summed E-state index contributed by atoms with van der Waals surface area (Å²) >= 11 is 0. The summed E-state index contributed by atoms with van der Waals surface area (Å²) in [7, 11) is -3.21. The second-order valence-corrected chi connectivity index (χ2v) is 6.34. The summed E-state index contributed by atoms with van der Waals surface area (Å²) in [6.45, 7) is 0.272. The first kappa shape index (κ1) is 12.5. The van der Waals surface area contributed by atoms with Crippen LogP contribution in [0.15, 0.2) is 30.3 Å². The van der Waals surface area contributed by atoms with Gasteiger partial charge in [-0.25, -0.2) is 13.1 Å². The van der Waals surface area contributed by atoms with Gasteiger partial charge in [-0.2, -0.15) is 0 Å². The van der Waals surface area contributed by atoms with E-state index in [1.54, 1.807) is 0 Å². The van der Waals surface area contributed by atoms with Crippen LogP contribution in [0.4, 0.5) is 0 Å². The van der Waals surface area contributed by atoms with Crippen molar-refractivity contribution in [3.63, 3.8) is 0 Å². The van der Waals surface area contributed by atoms with Gasteiger partial charge in [0.05, 0.1) is 11.8 Å². The fourth-order valence-electron chi connectivity index (χ4n) is 1.80. The predicted octanol–water partition coefficient (Wildman–Crippen LogP) is 1.02. The molecular weight excluding hydrogens is 236 g/mol. The molecule has 1 aliphatic rings. The number of nitrogens with two attached hydrogens (primary N) is 1. The molecule has 0 aromatic heterocycles. The molecule has 0 radical (unpaired) electrons. The van der Waals surface area contributed by atoms with Crippen molar-refractivity contribution in [3.8, 4) is 0 Å². The van der Waals surface area contributed by atoms with Gasteiger partial charge in [0.1, 0.15) is 0 Å². The van der Waals surface area contributed by atoms with Crippen LogP contribution in [0.3, 0.4) is 0 Å². The van der Waals surface area contributed by atoms with Crippen molar-refractivity contribution in [2.75, 3.05) is 12.3 Å². The molecule has 1 aromatic carbocycles. The number of nitrogens with one attached hydrogen (secondary N) is 1. The van der Waals surface area contributed by atoms with E-state index in [1.807, 2.05) is 30.3 Å². The highest BCUT2D eigenvalue weighted by Gasteiger charge is 2.29. The molecule has 3 N–H and O–H groups in total. The highest BCUT2D eigenvalue weighted by Crippen LogP contribution is 2.30. The van der Waals surface area contributed by atoms with Crippen LogP contribution in [-0.2, 0) is 10.0 Å². The van der Waals surface area contributed by atoms with E-state index < -0.39 is 10.0 Å². The van der Waals surface area contributed by atoms with Gasteiger partial charge < -0.3 is 5.73 Å². The summed E-state index contributed by atoms with van der Waals surface area (Å²) in [6, 6.07) is 9.12. The highest BCUT2D eigenvalue weighted by molar-refractivity contribution is 7.89. The first-order chi connectivity index (χ1) is 8.11. The normalized spacial score (nSPS) is 17.9. The van der Waals surface area contributed by atoms with E-state index in [0.717, 1.165) is 18.4 Å². The summed E-state index contributed by atoms with van der Waals surface area (Å²) in [5.41, 5.74) is 6.54. The van der Waals surface area contributed by atoms with Crippen LogP contribution in [-0.4, -0.2) is 20.7 Å². The summed E-state index contributed by atoms with van der Waals surface area (Å²) in [5.74, 6) is 0.581. The molecule has 94 valence electrons. The Morgan fingerprint density at radius 1 is 1.29 bits per heavy atom. The van der Waals surface area contributed by atoms with E-state index in [-0.39, 0.29) is 18.3 Å². The second-order valence-electron chi connectivity index (χ2n) is 4.54. The molecule has 0 spiro atoms. The zero-order valence-corrected chi connectivity index (χ0v) is 10.5. The van der Waals surface area contributed by atoms with Gasteiger partial charge in [-0.1, -0.05) is 30.3 Å². The molecule has 1 atom stereocenters. The maximum absolute atomic E-state index is 11.9. The molecule has 1 aliphatic carbocycles. The second kappa shape index (κ2) is 5.16. The molecule has 1 unspecified atom stereocenters. The third kappa shape index (κ3) is 3.80. The number of benzene rings is 1. The first-order valence-corrected chi connectivity index (χ1v) is 7.51. The van der Waals surface area contributed by atoms with Crippen molar-refractivity contribution in [2.24, 2.45) is 11.7 Å². The van der Waals surface area contributed by atoms with E-state index in [2.05, 4.69) is 4.72 Å². The lowest BCUT2D eigenvalue weighted by atomic mass is 10.1. The monoisotopic (exact) mass is 254 g/mol. The van der Waals surface area contributed by atoms with Crippen molar-refractivity contribution in [1.82, 2.24) is 4.72 Å². The van der Waals surface area contributed by atoms with Gasteiger partial charge in [-0.05, 0) is 24.3 Å². The summed E-state index contributed by atoms with van der Waals surface area (Å²) in [5, 5.41) is 0. The zero-order valence-electron chi connectivity index (χ0n) is 9.67. The van der Waals surface area contributed by atoms with Crippen molar-refractivity contribution in [3.05, 3.63) is 35.9 Å². The topological polar surface area (TPSA) is 72.2 Å². The van der Waals surface area contributed by atoms with Gasteiger partial charge in [0.25, 0.3) is 0 Å². The van der Waals surface area contributed by atoms with Gasteiger partial charge in [0, 0.05) is 6.54 Å². The maximum atomic E-state index is 11.9. The van der Waals surface area contributed by atoms with E-state index in [4.69, 9.17) is 5.73 Å². The van der Waals surface area contributed by atoms with Crippen LogP contribution in [0.2, 0.25) is 0 Å². The molecule has 0 amide bonds. The molecule has 1 fully saturated rings. The third-order valence-electron chi connectivity index (χ3n) is 2.91. The van der Waals surface area contributed by atoms with Gasteiger partial charge in [-0.3, -0.25) is 0 Å². The smallest absolute Gasteiger partial charge is 0.212 e. The molecule has 0 bridgehead atoms. The zero-order chi connectivity index (χ0) is 12.3. The molecule has 0 saturated heterocycles. The lowest BCUT2D eigenvalue weighted by Gasteiger charge is -2.17. The summed E-state index contributed by atoms with van der Waals surface area (Å²) < 4.78 is 26.4. The Hall–Kier alpha value is -0.910. The quantitative estimate of drug-likeness (QED) is 0.796. The fraction of sp³-hybridized carbons (Fsp3) is 0.500. The lowest BCUT2D eigenvalue weighted by molar-refractivity contribution is 0.555. The standard InChI is InChI=1S/C12H18N2O2S/c13-8-12(11-4-2-1-3-5-11)14-17(15,16)9-10-6-7-10/h1-5,10,12,14H,6-9,13H2. The molecule has 5 heteroatoms. The number of rotatable bonds is 6. The lowest BCUT2D eigenvalue weighted by Crippen LogP contribution is -2.35. The number of hydrogen-bond donors (Lipinski definition) is 2. The van der Waals surface area contributed by atoms with E-state index in [1.165, 1.54) is 0 Å². The average Bonchev–Trinajstić information content (AvgIpc) is 3.10. The largest absolute Gasteiger partial charge is 0.329 e. The van der Waals surface area contributed by atoms with Gasteiger partial charge in [0.15, 0.2) is 0 Å². The van der Waals surface area contributed by atoms with Gasteiger partial charge in [-0.15, -0.1) is 0 Å². The van der Waals surface area contributed by atoms with Crippen LogP contribution in [0.1, 0.15) is 24.4 Å². The van der Waals surface area contributed by atoms with Crippen molar-refractivity contribution in [1.29, 1.82) is 0 Å². The Labute approximate surface area is 102 Å². The molecule has 0 aliphatic heterocycles. The van der Waals surface area contributed by atoms with E-state index in [9.17, 15) is 8.42 Å². The minimum Gasteiger partial charge on any atom is -0.329 e. The Kier molecular flexibility index (Phi) is 3.81. The minimum atomic E-state index is -3.21. The number of hydrogen-bond acceptors (Lipinski definition) is 3. The third-order valence-corrected chi connectivity index (χ3v) is 4.47. The SMILES string of the molecule is NCC(NS(=O)(=O)CC1CC1)c1ccccc1. The molecular formula is C12H18N2O2S. The van der Waals surface area contributed by atoms with Gasteiger partial charge >= 0.3 is 0 Å². The minimum absolute atomic E-state index is 0.232. The van der Waals surface area contributed by atoms with Crippen molar-refractivity contribution >= 4 is 10.0 Å². The average molecular weight is 254 g/mol. The van der Waals surface area contributed by atoms with Crippen molar-refractivity contribution < 1.29 is 8.42 Å². The fourth-order valence-corrected chi connectivity index (χ4v) is 3.51. The van der Waals surface area contributed by atoms with Crippen LogP contribution in [0.5, 0.6) is 0 Å². The molecule has 17 heavy (non-hydrogen) atoms. The van der Waals surface area contributed by atoms with Crippen LogP contribution < -0.4 is 10.5 Å². The van der Waals surface area contributed by atoms with E-state index in [0.29, 0.717) is 5.92 Å². The summed E-state index contributed by atoms with van der Waals surface area (Å²) in [4.78, 5) is 0. The van der Waals surface area contributed by atoms with Gasteiger partial charge in [0.2, 0.25) is 10.0 Å². The first-order valence-electron chi connectivity index (χ1n) is 5.86. The highest BCUT2D eigenvalue weighted by atomic mass is 32.2. The Morgan fingerprint density at radius 3 is 2.47 bits per heavy atom. The van der Waals surface area contributed by atoms with Crippen LogP contribution in [0, 0.1) is 5.92 Å². The van der Waals surface area contributed by atoms with Crippen molar-refractivity contribution in [2.45, 2.75) is 18.9 Å². The Balaban J connectivity index is 2.04. The Bertz CT molecular complexity index is 455. The molecule has 1 saturated carbocycles. The molecule has 2 rings (SSSR count). The van der Waals surface area contributed by atoms with Crippen LogP contribution >= 0.6 is 0 Å². The molecule has 4 nitrogen and oxygen atoms in total. The predicted molar refractivity (Wildman–Crippen MR) is 67.9 cm³/mol. The summed E-state index contributed by atoms with van der Waals surface area (Å²) in [6.07, 6.45) is 2.05. The Morgan fingerprint density at radius 2 is 1.94 bits per heavy atom. The molecule has 0 heterocycles. The van der Waals surface area contributed by atoms with E-state index >= 15 is 0 Å². The maximum Gasteiger partial charge on any atom is 0.212 e. The number of sulfonamides is 1. The molecule has 1 aromatic rings.